The molecule has 328 valence electrons. The van der Waals surface area contributed by atoms with Crippen molar-refractivity contribution in [3.05, 3.63) is 134 Å². The van der Waals surface area contributed by atoms with E-state index >= 15 is 13.2 Å². The van der Waals surface area contributed by atoms with E-state index in [1.54, 1.807) is 0 Å². The molecule has 3 heterocycles. The first-order valence-corrected chi connectivity index (χ1v) is 21.4. The molecule has 0 bridgehead atoms. The number of hydrogen-bond acceptors (Lipinski definition) is 8. The van der Waals surface area contributed by atoms with Gasteiger partial charge in [-0.25, -0.2) is 39.7 Å². The Kier molecular flexibility index (Phi) is 10.1. The van der Waals surface area contributed by atoms with Gasteiger partial charge in [-0.2, -0.15) is 19.0 Å². The van der Waals surface area contributed by atoms with Crippen LogP contribution in [0.1, 0.15) is 53.1 Å². The smallest absolute Gasteiger partial charge is 0.293 e. The molecule has 1 fully saturated rings. The second-order valence-electron chi connectivity index (χ2n) is 15.7. The summed E-state index contributed by atoms with van der Waals surface area (Å²) in [6.07, 6.45) is -0.156. The summed E-state index contributed by atoms with van der Waals surface area (Å²) < 4.78 is 147. The summed E-state index contributed by atoms with van der Waals surface area (Å²) in [5.74, 6) is -12.0. The van der Waals surface area contributed by atoms with Gasteiger partial charge in [-0.1, -0.05) is 17.7 Å². The molecule has 4 aliphatic rings. The maximum absolute atomic E-state index is 15.5. The standard InChI is InChI=1S/C41H31ClF8N8O4S/c1-56-35-30(8-6-26(42)33(35)38(54-56)55-63(2,61)62)58-39(52-28-12-18(3-5-22(28)40(58)60)23-14-19(43)4-7-27(23)46)29(11-17-9-20(44)13-21(45)10-17)51-31(59)16-57-36-32(34(53-57)37(47)48)24-15-25(24)41(36,49)50/h3-10,12-14,24-25,29,33,35,37H,11,15-16H2,1-2H3,(H,51,59)(H,54,55)/t24-,25+,29-,33?,35?/m0/s1. The molecule has 2 N–H and O–H groups in total. The molecule has 1 aliphatic heterocycles. The van der Waals surface area contributed by atoms with E-state index in [-0.39, 0.29) is 62.0 Å². The number of aromatic nitrogens is 4. The second kappa shape index (κ2) is 15.0. The Hall–Kier alpha value is -6.09. The van der Waals surface area contributed by atoms with E-state index < -0.39 is 111 Å². The number of likely N-dealkylation sites (N-methyl/N-ethyl adjacent to an activating group) is 1. The van der Waals surface area contributed by atoms with Crippen molar-refractivity contribution in [2.75, 3.05) is 13.3 Å². The molecular weight excluding hydrogens is 888 g/mol. The zero-order chi connectivity index (χ0) is 45.0. The third-order valence-electron chi connectivity index (χ3n) is 11.4. The average Bonchev–Trinajstić information content (AvgIpc) is 3.73. The number of nitrogens with one attached hydrogen (secondary N) is 2. The van der Waals surface area contributed by atoms with Crippen LogP contribution in [-0.4, -0.2) is 63.8 Å². The first-order valence-electron chi connectivity index (χ1n) is 19.1. The molecule has 0 saturated heterocycles. The third kappa shape index (κ3) is 7.43. The van der Waals surface area contributed by atoms with Gasteiger partial charge in [-0.3, -0.25) is 28.6 Å². The van der Waals surface area contributed by atoms with E-state index in [2.05, 4.69) is 20.2 Å². The highest BCUT2D eigenvalue weighted by Gasteiger charge is 2.67. The Morgan fingerprint density at radius 3 is 2.43 bits per heavy atom. The van der Waals surface area contributed by atoms with Crippen molar-refractivity contribution in [2.45, 2.75) is 49.7 Å². The Morgan fingerprint density at radius 1 is 1.00 bits per heavy atom. The molecule has 63 heavy (non-hydrogen) atoms. The molecule has 0 spiro atoms. The first-order chi connectivity index (χ1) is 29.7. The van der Waals surface area contributed by atoms with Crippen LogP contribution in [0.15, 0.2) is 81.7 Å². The Labute approximate surface area is 356 Å². The number of carbonyl (C=O) groups excluding carboxylic acids is 1. The number of hydrogen-bond donors (Lipinski definition) is 2. The molecule has 1 saturated carbocycles. The summed E-state index contributed by atoms with van der Waals surface area (Å²) in [6, 6.07) is 6.38. The average molecular weight is 919 g/mol. The molecule has 2 aromatic heterocycles. The molecule has 3 aromatic carbocycles. The van der Waals surface area contributed by atoms with Crippen molar-refractivity contribution >= 4 is 50.0 Å². The minimum absolute atomic E-state index is 0.0350. The molecule has 1 amide bonds. The topological polar surface area (TPSA) is 144 Å². The van der Waals surface area contributed by atoms with E-state index in [1.165, 1.54) is 42.4 Å². The monoisotopic (exact) mass is 918 g/mol. The highest BCUT2D eigenvalue weighted by molar-refractivity contribution is 7.89. The van der Waals surface area contributed by atoms with Gasteiger partial charge in [0.2, 0.25) is 15.9 Å². The molecule has 0 radical (unpaired) electrons. The molecule has 3 aliphatic carbocycles. The summed E-state index contributed by atoms with van der Waals surface area (Å²) in [4.78, 5) is 33.8. The second-order valence-corrected chi connectivity index (χ2v) is 17.9. The van der Waals surface area contributed by atoms with Crippen LogP contribution < -0.4 is 15.6 Å². The minimum Gasteiger partial charge on any atom is -0.344 e. The molecule has 5 aromatic rings. The first kappa shape index (κ1) is 42.2. The third-order valence-corrected chi connectivity index (χ3v) is 12.4. The quantitative estimate of drug-likeness (QED) is 0.146. The van der Waals surface area contributed by atoms with Gasteiger partial charge in [-0.05, 0) is 78.1 Å². The van der Waals surface area contributed by atoms with Crippen LogP contribution in [0.2, 0.25) is 0 Å². The van der Waals surface area contributed by atoms with E-state index in [4.69, 9.17) is 16.6 Å². The van der Waals surface area contributed by atoms with Crippen LogP contribution in [0.4, 0.5) is 35.1 Å². The molecule has 9 rings (SSSR count). The number of alkyl halides is 4. The Balaban J connectivity index is 1.22. The maximum Gasteiger partial charge on any atom is 0.293 e. The van der Waals surface area contributed by atoms with E-state index in [0.29, 0.717) is 10.7 Å². The van der Waals surface area contributed by atoms with E-state index in [9.17, 15) is 40.0 Å². The van der Waals surface area contributed by atoms with Gasteiger partial charge in [0.15, 0.2) is 0 Å². The number of rotatable bonds is 10. The van der Waals surface area contributed by atoms with Gasteiger partial charge in [0.05, 0.1) is 34.8 Å². The lowest BCUT2D eigenvalue weighted by molar-refractivity contribution is -0.123. The lowest BCUT2D eigenvalue weighted by atomic mass is 9.91. The van der Waals surface area contributed by atoms with Crippen LogP contribution in [-0.2, 0) is 33.7 Å². The number of hydrazone groups is 1. The van der Waals surface area contributed by atoms with Gasteiger partial charge in [-0.15, -0.1) is 0 Å². The highest BCUT2D eigenvalue weighted by atomic mass is 35.5. The predicted molar refractivity (Wildman–Crippen MR) is 213 cm³/mol. The van der Waals surface area contributed by atoms with Crippen molar-refractivity contribution in [1.29, 1.82) is 0 Å². The minimum atomic E-state index is -3.92. The zero-order valence-corrected chi connectivity index (χ0v) is 34.1. The molecule has 12 nitrogen and oxygen atoms in total. The number of fused-ring (bicyclic) bond motifs is 5. The number of amidine groups is 1. The van der Waals surface area contributed by atoms with Gasteiger partial charge >= 0.3 is 0 Å². The molecule has 22 heteroatoms. The van der Waals surface area contributed by atoms with E-state index in [1.807, 2.05) is 0 Å². The summed E-state index contributed by atoms with van der Waals surface area (Å²) in [7, 11) is -2.46. The van der Waals surface area contributed by atoms with Crippen molar-refractivity contribution in [3.63, 3.8) is 0 Å². The van der Waals surface area contributed by atoms with Crippen LogP contribution in [0.5, 0.6) is 0 Å². The molecular formula is C41H31ClF8N8O4S. The van der Waals surface area contributed by atoms with Crippen molar-refractivity contribution in [3.8, 4) is 11.1 Å². The van der Waals surface area contributed by atoms with Crippen LogP contribution in [0.25, 0.3) is 27.7 Å². The number of carbonyl (C=O) groups is 1. The SMILES string of the molecule is CN1N=C(NS(C)(=O)=O)C2C(Cl)=CC=C(n3c([C@H](Cc4cc(F)cc(F)c4)NC(=O)Cn4nc(C(F)F)c5c4C(F)(F)[C@@H]4C[C@H]54)nc4cc(-c5cc(F)ccc5F)ccc4c3=O)C21. The van der Waals surface area contributed by atoms with Crippen LogP contribution in [0.3, 0.4) is 0 Å². The van der Waals surface area contributed by atoms with Crippen LogP contribution in [0, 0.1) is 35.1 Å². The number of benzene rings is 3. The number of nitrogens with zero attached hydrogens (tertiary/aromatic N) is 6. The Bertz CT molecular complexity index is 3040. The number of sulfonamides is 1. The molecule has 5 atom stereocenters. The van der Waals surface area contributed by atoms with Gasteiger partial charge in [0.25, 0.3) is 17.9 Å². The number of amides is 1. The van der Waals surface area contributed by atoms with Gasteiger partial charge in [0, 0.05) is 41.6 Å². The fourth-order valence-corrected chi connectivity index (χ4v) is 9.68. The summed E-state index contributed by atoms with van der Waals surface area (Å²) >= 11 is 6.65. The lowest BCUT2D eigenvalue weighted by Gasteiger charge is -2.33. The Morgan fingerprint density at radius 2 is 1.73 bits per heavy atom. The summed E-state index contributed by atoms with van der Waals surface area (Å²) in [6.45, 7) is -1.04. The van der Waals surface area contributed by atoms with E-state index in [0.717, 1.165) is 41.2 Å². The van der Waals surface area contributed by atoms with Crippen molar-refractivity contribution in [2.24, 2.45) is 16.9 Å². The highest BCUT2D eigenvalue weighted by Crippen LogP contribution is 2.68. The normalized spacial score (nSPS) is 21.4. The fourth-order valence-electron chi connectivity index (χ4n) is 8.85. The van der Waals surface area contributed by atoms with Crippen molar-refractivity contribution in [1.82, 2.24) is 34.4 Å². The van der Waals surface area contributed by atoms with Gasteiger partial charge in [0.1, 0.15) is 58.9 Å². The van der Waals surface area contributed by atoms with Crippen LogP contribution >= 0.6 is 11.6 Å². The van der Waals surface area contributed by atoms with Crippen molar-refractivity contribution < 1.29 is 48.3 Å². The fraction of sp³-hybridized carbons (Fsp3) is 0.293. The zero-order valence-electron chi connectivity index (χ0n) is 32.6. The predicted octanol–water partition coefficient (Wildman–Crippen LogP) is 6.83. The summed E-state index contributed by atoms with van der Waals surface area (Å²) in [5, 5.41) is 11.9. The lowest BCUT2D eigenvalue weighted by Crippen LogP contribution is -2.44. The number of allylic oxidation sites excluding steroid dienone is 2. The number of halogens is 9. The maximum atomic E-state index is 15.5. The van der Waals surface area contributed by atoms with Gasteiger partial charge < -0.3 is 5.32 Å². The summed E-state index contributed by atoms with van der Waals surface area (Å²) in [5.41, 5.74) is -3.22. The molecule has 2 unspecified atom stereocenters. The largest absolute Gasteiger partial charge is 0.344 e.